The van der Waals surface area contributed by atoms with Gasteiger partial charge in [-0.3, -0.25) is 15.0 Å². The largest absolute Gasteiger partial charge is 0.493 e. The highest BCUT2D eigenvalue weighted by Gasteiger charge is 2.35. The molecule has 2 aromatic rings. The molecule has 6 nitrogen and oxygen atoms in total. The zero-order chi connectivity index (χ0) is 17.8. The van der Waals surface area contributed by atoms with Gasteiger partial charge < -0.3 is 4.74 Å². The van der Waals surface area contributed by atoms with Crippen LogP contribution in [0.3, 0.4) is 0 Å². The quantitative estimate of drug-likeness (QED) is 0.672. The van der Waals surface area contributed by atoms with E-state index in [9.17, 15) is 9.59 Å². The molecule has 1 aromatic carbocycles. The number of amides is 2. The Hall–Kier alpha value is -3.15. The van der Waals surface area contributed by atoms with Gasteiger partial charge in [0.25, 0.3) is 11.8 Å². The minimum Gasteiger partial charge on any atom is -0.493 e. The van der Waals surface area contributed by atoms with E-state index in [1.807, 2.05) is 32.0 Å². The zero-order valence-corrected chi connectivity index (χ0v) is 14.2. The lowest BCUT2D eigenvalue weighted by atomic mass is 10.1. The van der Waals surface area contributed by atoms with Gasteiger partial charge in [0.05, 0.1) is 6.61 Å². The molecule has 1 aliphatic rings. The Bertz CT molecular complexity index is 831. The van der Waals surface area contributed by atoms with Crippen LogP contribution in [0.25, 0.3) is 6.08 Å². The molecular formula is C19H19N3O3. The van der Waals surface area contributed by atoms with Crippen molar-refractivity contribution in [2.75, 3.05) is 11.6 Å². The average Bonchev–Trinajstić information content (AvgIpc) is 2.90. The fraction of sp³-hybridized carbons (Fsp3) is 0.211. The molecule has 0 aliphatic carbocycles. The first-order chi connectivity index (χ1) is 12.1. The fourth-order valence-corrected chi connectivity index (χ4v) is 2.51. The minimum atomic E-state index is -0.445. The topological polar surface area (TPSA) is 71.5 Å². The molecule has 1 saturated heterocycles. The molecule has 0 unspecified atom stereocenters. The Morgan fingerprint density at radius 2 is 2.08 bits per heavy atom. The number of hydrazine groups is 1. The summed E-state index contributed by atoms with van der Waals surface area (Å²) in [5, 5.41) is 1.15. The summed E-state index contributed by atoms with van der Waals surface area (Å²) in [6.07, 6.45) is 4.08. The first kappa shape index (κ1) is 16.7. The highest BCUT2D eigenvalue weighted by Crippen LogP contribution is 2.23. The number of aryl methyl sites for hydroxylation is 1. The van der Waals surface area contributed by atoms with Gasteiger partial charge in [0.1, 0.15) is 11.3 Å². The number of carbonyl (C=O) groups excluding carboxylic acids is 2. The Morgan fingerprint density at radius 1 is 1.24 bits per heavy atom. The van der Waals surface area contributed by atoms with E-state index in [0.29, 0.717) is 12.4 Å². The lowest BCUT2D eigenvalue weighted by molar-refractivity contribution is -0.117. The van der Waals surface area contributed by atoms with Crippen molar-refractivity contribution in [1.29, 1.82) is 0 Å². The molecule has 1 N–H and O–H groups in total. The van der Waals surface area contributed by atoms with Crippen LogP contribution in [0, 0.1) is 6.92 Å². The van der Waals surface area contributed by atoms with Crippen LogP contribution in [0.1, 0.15) is 24.5 Å². The molecule has 2 amide bonds. The predicted molar refractivity (Wildman–Crippen MR) is 94.8 cm³/mol. The number of nitrogens with zero attached hydrogens (tertiary/aromatic N) is 2. The molecular weight excluding hydrogens is 318 g/mol. The van der Waals surface area contributed by atoms with Crippen molar-refractivity contribution >= 4 is 23.7 Å². The van der Waals surface area contributed by atoms with Crippen molar-refractivity contribution < 1.29 is 14.3 Å². The summed E-state index contributed by atoms with van der Waals surface area (Å²) in [6, 6.07) is 10.7. The van der Waals surface area contributed by atoms with E-state index in [0.717, 1.165) is 28.3 Å². The third-order valence-electron chi connectivity index (χ3n) is 3.74. The summed E-state index contributed by atoms with van der Waals surface area (Å²) >= 11 is 0. The van der Waals surface area contributed by atoms with Gasteiger partial charge in [0.15, 0.2) is 5.82 Å². The SMILES string of the molecule is CCCOc1ccc(C=C2C(=O)NN(c3ccccn3)C2=O)cc1C. The van der Waals surface area contributed by atoms with E-state index in [1.165, 1.54) is 0 Å². The Morgan fingerprint density at radius 3 is 2.76 bits per heavy atom. The number of nitrogens with one attached hydrogen (secondary N) is 1. The number of anilines is 1. The maximum absolute atomic E-state index is 12.5. The van der Waals surface area contributed by atoms with Crippen molar-refractivity contribution in [3.05, 3.63) is 59.3 Å². The maximum atomic E-state index is 12.5. The standard InChI is InChI=1S/C19H19N3O3/c1-3-10-25-16-8-7-14(11-13(16)2)12-15-18(23)21-22(19(15)24)17-6-4-5-9-20-17/h4-9,11-12H,3,10H2,1-2H3,(H,21,23). The number of rotatable bonds is 5. The second-order valence-electron chi connectivity index (χ2n) is 5.70. The van der Waals surface area contributed by atoms with E-state index < -0.39 is 11.8 Å². The van der Waals surface area contributed by atoms with Crippen LogP contribution in [0.15, 0.2) is 48.2 Å². The minimum absolute atomic E-state index is 0.0762. The summed E-state index contributed by atoms with van der Waals surface area (Å²) in [4.78, 5) is 28.8. The van der Waals surface area contributed by atoms with Gasteiger partial charge in [-0.25, -0.2) is 4.98 Å². The number of aromatic nitrogens is 1. The molecule has 25 heavy (non-hydrogen) atoms. The molecule has 128 valence electrons. The van der Waals surface area contributed by atoms with Gasteiger partial charge in [0, 0.05) is 6.20 Å². The van der Waals surface area contributed by atoms with Crippen LogP contribution in [0.2, 0.25) is 0 Å². The number of hydrogen-bond donors (Lipinski definition) is 1. The second kappa shape index (κ2) is 7.17. The van der Waals surface area contributed by atoms with E-state index in [1.54, 1.807) is 30.5 Å². The van der Waals surface area contributed by atoms with Gasteiger partial charge >= 0.3 is 0 Å². The van der Waals surface area contributed by atoms with E-state index >= 15 is 0 Å². The van der Waals surface area contributed by atoms with E-state index in [2.05, 4.69) is 10.4 Å². The highest BCUT2D eigenvalue weighted by atomic mass is 16.5. The summed E-state index contributed by atoms with van der Waals surface area (Å²) in [5.74, 6) is 0.317. The van der Waals surface area contributed by atoms with Crippen LogP contribution in [0.4, 0.5) is 5.82 Å². The maximum Gasteiger partial charge on any atom is 0.284 e. The zero-order valence-electron chi connectivity index (χ0n) is 14.2. The number of hydrogen-bond acceptors (Lipinski definition) is 4. The third kappa shape index (κ3) is 3.52. The Balaban J connectivity index is 1.85. The van der Waals surface area contributed by atoms with Gasteiger partial charge in [-0.05, 0) is 54.8 Å². The Kier molecular flexibility index (Phi) is 4.79. The van der Waals surface area contributed by atoms with Crippen LogP contribution < -0.4 is 15.2 Å². The molecule has 1 fully saturated rings. The molecule has 0 bridgehead atoms. The van der Waals surface area contributed by atoms with Crippen molar-refractivity contribution in [2.45, 2.75) is 20.3 Å². The van der Waals surface area contributed by atoms with Crippen molar-refractivity contribution in [3.63, 3.8) is 0 Å². The second-order valence-corrected chi connectivity index (χ2v) is 5.70. The molecule has 1 aromatic heterocycles. The van der Waals surface area contributed by atoms with E-state index in [-0.39, 0.29) is 5.57 Å². The predicted octanol–water partition coefficient (Wildman–Crippen LogP) is 2.64. The monoisotopic (exact) mass is 337 g/mol. The van der Waals surface area contributed by atoms with Crippen LogP contribution in [-0.4, -0.2) is 23.4 Å². The normalized spacial score (nSPS) is 15.6. The summed E-state index contributed by atoms with van der Waals surface area (Å²) < 4.78 is 5.64. The number of pyridine rings is 1. The van der Waals surface area contributed by atoms with Crippen molar-refractivity contribution in [3.8, 4) is 5.75 Å². The van der Waals surface area contributed by atoms with E-state index in [4.69, 9.17) is 4.74 Å². The van der Waals surface area contributed by atoms with Gasteiger partial charge in [-0.2, -0.15) is 5.01 Å². The van der Waals surface area contributed by atoms with Gasteiger partial charge in [-0.15, -0.1) is 0 Å². The Labute approximate surface area is 146 Å². The lowest BCUT2D eigenvalue weighted by Gasteiger charge is -2.12. The molecule has 1 aliphatic heterocycles. The third-order valence-corrected chi connectivity index (χ3v) is 3.74. The molecule has 0 radical (unpaired) electrons. The molecule has 0 atom stereocenters. The van der Waals surface area contributed by atoms with Gasteiger partial charge in [0.2, 0.25) is 0 Å². The van der Waals surface area contributed by atoms with Gasteiger partial charge in [-0.1, -0.05) is 19.1 Å². The summed E-state index contributed by atoms with van der Waals surface area (Å²) in [5.41, 5.74) is 4.33. The van der Waals surface area contributed by atoms with Crippen LogP contribution >= 0.6 is 0 Å². The van der Waals surface area contributed by atoms with Crippen molar-refractivity contribution in [1.82, 2.24) is 10.4 Å². The number of ether oxygens (including phenoxy) is 1. The first-order valence-electron chi connectivity index (χ1n) is 8.11. The number of carbonyl (C=O) groups is 2. The molecule has 3 rings (SSSR count). The highest BCUT2D eigenvalue weighted by molar-refractivity contribution is 6.31. The molecule has 2 heterocycles. The molecule has 0 saturated carbocycles. The number of benzene rings is 1. The molecule has 0 spiro atoms. The molecule has 6 heteroatoms. The summed E-state index contributed by atoms with van der Waals surface area (Å²) in [6.45, 7) is 4.64. The average molecular weight is 337 g/mol. The first-order valence-corrected chi connectivity index (χ1v) is 8.11. The summed E-state index contributed by atoms with van der Waals surface area (Å²) in [7, 11) is 0. The smallest absolute Gasteiger partial charge is 0.284 e. The lowest BCUT2D eigenvalue weighted by Crippen LogP contribution is -2.36. The van der Waals surface area contributed by atoms with Crippen molar-refractivity contribution in [2.24, 2.45) is 0 Å². The fourth-order valence-electron chi connectivity index (χ4n) is 2.51. The van der Waals surface area contributed by atoms with Crippen LogP contribution in [0.5, 0.6) is 5.75 Å². The van der Waals surface area contributed by atoms with Crippen LogP contribution in [-0.2, 0) is 9.59 Å².